The second kappa shape index (κ2) is 7.66. The Bertz CT molecular complexity index is 546. The largest absolute Gasteiger partial charge is 0.496 e. The summed E-state index contributed by atoms with van der Waals surface area (Å²) in [5.74, 6) is 1.80. The van der Waals surface area contributed by atoms with E-state index in [-0.39, 0.29) is 0 Å². The number of methoxy groups -OCH3 is 3. The smallest absolute Gasteiger partial charge is 0.233 e. The summed E-state index contributed by atoms with van der Waals surface area (Å²) in [6.45, 7) is 2.03. The Labute approximate surface area is 124 Å². The first-order valence-electron chi connectivity index (χ1n) is 6.65. The van der Waals surface area contributed by atoms with Gasteiger partial charge in [-0.05, 0) is 12.1 Å². The van der Waals surface area contributed by atoms with E-state index in [1.165, 1.54) is 0 Å². The molecule has 0 atom stereocenters. The van der Waals surface area contributed by atoms with E-state index in [4.69, 9.17) is 18.6 Å². The lowest BCUT2D eigenvalue weighted by atomic mass is 10.1. The topological polar surface area (TPSA) is 65.8 Å². The van der Waals surface area contributed by atoms with Gasteiger partial charge in [0.25, 0.3) is 0 Å². The molecule has 114 valence electrons. The fourth-order valence-corrected chi connectivity index (χ4v) is 1.96. The quantitative estimate of drug-likeness (QED) is 0.752. The van der Waals surface area contributed by atoms with E-state index in [9.17, 15) is 0 Å². The van der Waals surface area contributed by atoms with Crippen LogP contribution >= 0.6 is 0 Å². The minimum atomic E-state index is 0.479. The number of hydrogen-bond donors (Lipinski definition) is 1. The van der Waals surface area contributed by atoms with Gasteiger partial charge in [-0.25, -0.2) is 4.98 Å². The number of oxazole rings is 1. The van der Waals surface area contributed by atoms with E-state index >= 15 is 0 Å². The molecule has 1 aromatic heterocycles. The van der Waals surface area contributed by atoms with Crippen LogP contribution < -0.4 is 14.8 Å². The Balaban J connectivity index is 2.17. The Morgan fingerprint density at radius 3 is 2.48 bits per heavy atom. The second-order valence-electron chi connectivity index (χ2n) is 4.35. The number of benzene rings is 1. The van der Waals surface area contributed by atoms with Gasteiger partial charge in [0.2, 0.25) is 5.89 Å². The van der Waals surface area contributed by atoms with E-state index < -0.39 is 0 Å². The monoisotopic (exact) mass is 292 g/mol. The molecule has 0 fully saturated rings. The van der Waals surface area contributed by atoms with Gasteiger partial charge in [0.15, 0.2) is 0 Å². The van der Waals surface area contributed by atoms with Crippen LogP contribution in [0.15, 0.2) is 28.9 Å². The van der Waals surface area contributed by atoms with Gasteiger partial charge in [0.1, 0.15) is 23.3 Å². The minimum Gasteiger partial charge on any atom is -0.496 e. The third-order valence-electron chi connectivity index (χ3n) is 2.98. The van der Waals surface area contributed by atoms with Crippen molar-refractivity contribution in [1.82, 2.24) is 10.3 Å². The molecule has 0 spiro atoms. The van der Waals surface area contributed by atoms with Gasteiger partial charge >= 0.3 is 0 Å². The molecule has 0 aliphatic carbocycles. The molecule has 1 N–H and O–H groups in total. The van der Waals surface area contributed by atoms with Crippen molar-refractivity contribution in [2.24, 2.45) is 0 Å². The highest BCUT2D eigenvalue weighted by atomic mass is 16.5. The standard InChI is InChI=1S/C15H20N2O4/c1-18-8-7-16-9-11-10-21-15(17-11)14-12(19-2)5-4-6-13(14)20-3/h4-6,10,16H,7-9H2,1-3H3. The molecule has 2 rings (SSSR count). The van der Waals surface area contributed by atoms with Crippen LogP contribution in [0.3, 0.4) is 0 Å². The molecule has 0 aliphatic rings. The molecule has 0 aliphatic heterocycles. The number of nitrogens with zero attached hydrogens (tertiary/aromatic N) is 1. The molecule has 0 unspecified atom stereocenters. The third kappa shape index (κ3) is 3.74. The predicted octanol–water partition coefficient (Wildman–Crippen LogP) is 2.09. The molecule has 1 heterocycles. The Hall–Kier alpha value is -2.05. The molecular weight excluding hydrogens is 272 g/mol. The first-order valence-corrected chi connectivity index (χ1v) is 6.65. The minimum absolute atomic E-state index is 0.479. The van der Waals surface area contributed by atoms with Crippen molar-refractivity contribution >= 4 is 0 Å². The normalized spacial score (nSPS) is 10.6. The summed E-state index contributed by atoms with van der Waals surface area (Å²) in [7, 11) is 4.88. The van der Waals surface area contributed by atoms with Crippen molar-refractivity contribution < 1.29 is 18.6 Å². The first kappa shape index (κ1) is 15.3. The van der Waals surface area contributed by atoms with Crippen LogP contribution in [-0.2, 0) is 11.3 Å². The van der Waals surface area contributed by atoms with Crippen molar-refractivity contribution in [1.29, 1.82) is 0 Å². The lowest BCUT2D eigenvalue weighted by Crippen LogP contribution is -2.18. The van der Waals surface area contributed by atoms with Crippen LogP contribution in [0.5, 0.6) is 11.5 Å². The fourth-order valence-electron chi connectivity index (χ4n) is 1.96. The summed E-state index contributed by atoms with van der Waals surface area (Å²) in [5, 5.41) is 3.21. The first-order chi connectivity index (χ1) is 10.3. The average Bonchev–Trinajstić information content (AvgIpc) is 2.99. The van der Waals surface area contributed by atoms with Gasteiger partial charge in [0.05, 0.1) is 26.5 Å². The molecule has 0 amide bonds. The number of aromatic nitrogens is 1. The Morgan fingerprint density at radius 1 is 1.14 bits per heavy atom. The molecule has 6 heteroatoms. The molecule has 0 radical (unpaired) electrons. The van der Waals surface area contributed by atoms with Crippen LogP contribution in [0.4, 0.5) is 0 Å². The van der Waals surface area contributed by atoms with Crippen LogP contribution in [0.1, 0.15) is 5.69 Å². The van der Waals surface area contributed by atoms with Gasteiger partial charge in [-0.15, -0.1) is 0 Å². The van der Waals surface area contributed by atoms with Crippen molar-refractivity contribution in [3.63, 3.8) is 0 Å². The number of ether oxygens (including phenoxy) is 3. The predicted molar refractivity (Wildman–Crippen MR) is 78.6 cm³/mol. The molecule has 2 aromatic rings. The molecule has 21 heavy (non-hydrogen) atoms. The zero-order chi connectivity index (χ0) is 15.1. The molecule has 1 aromatic carbocycles. The molecule has 0 bridgehead atoms. The Morgan fingerprint density at radius 2 is 1.86 bits per heavy atom. The van der Waals surface area contributed by atoms with Crippen LogP contribution in [0, 0.1) is 0 Å². The summed E-state index contributed by atoms with van der Waals surface area (Å²) in [6, 6.07) is 5.55. The van der Waals surface area contributed by atoms with Gasteiger partial charge in [-0.2, -0.15) is 0 Å². The lowest BCUT2D eigenvalue weighted by molar-refractivity contribution is 0.199. The number of nitrogens with one attached hydrogen (secondary N) is 1. The van der Waals surface area contributed by atoms with E-state index in [1.807, 2.05) is 18.2 Å². The summed E-state index contributed by atoms with van der Waals surface area (Å²) < 4.78 is 21.2. The zero-order valence-electron chi connectivity index (χ0n) is 12.5. The maximum Gasteiger partial charge on any atom is 0.233 e. The summed E-state index contributed by atoms with van der Waals surface area (Å²) in [5.41, 5.74) is 1.53. The molecule has 0 saturated heterocycles. The third-order valence-corrected chi connectivity index (χ3v) is 2.98. The maximum absolute atomic E-state index is 5.55. The van der Waals surface area contributed by atoms with Crippen LogP contribution in [0.2, 0.25) is 0 Å². The number of rotatable bonds is 8. The van der Waals surface area contributed by atoms with Crippen molar-refractivity contribution in [2.45, 2.75) is 6.54 Å². The van der Waals surface area contributed by atoms with E-state index in [2.05, 4.69) is 10.3 Å². The Kier molecular flexibility index (Phi) is 5.59. The SMILES string of the molecule is COCCNCc1coc(-c2c(OC)cccc2OC)n1. The highest BCUT2D eigenvalue weighted by molar-refractivity contribution is 5.70. The van der Waals surface area contributed by atoms with Gasteiger partial charge in [0, 0.05) is 20.2 Å². The van der Waals surface area contributed by atoms with Gasteiger partial charge < -0.3 is 23.9 Å². The van der Waals surface area contributed by atoms with Crippen LogP contribution in [-0.4, -0.2) is 39.5 Å². The highest BCUT2D eigenvalue weighted by Gasteiger charge is 2.17. The van der Waals surface area contributed by atoms with Gasteiger partial charge in [-0.3, -0.25) is 0 Å². The van der Waals surface area contributed by atoms with Gasteiger partial charge in [-0.1, -0.05) is 6.07 Å². The van der Waals surface area contributed by atoms with Crippen molar-refractivity contribution in [3.8, 4) is 23.0 Å². The second-order valence-corrected chi connectivity index (χ2v) is 4.35. The summed E-state index contributed by atoms with van der Waals surface area (Å²) in [4.78, 5) is 4.47. The molecular formula is C15H20N2O4. The zero-order valence-corrected chi connectivity index (χ0v) is 12.5. The number of hydrogen-bond acceptors (Lipinski definition) is 6. The molecule has 6 nitrogen and oxygen atoms in total. The van der Waals surface area contributed by atoms with Crippen LogP contribution in [0.25, 0.3) is 11.5 Å². The highest BCUT2D eigenvalue weighted by Crippen LogP contribution is 2.37. The summed E-state index contributed by atoms with van der Waals surface area (Å²) in [6.07, 6.45) is 1.63. The summed E-state index contributed by atoms with van der Waals surface area (Å²) >= 11 is 0. The van der Waals surface area contributed by atoms with E-state index in [0.717, 1.165) is 12.2 Å². The average molecular weight is 292 g/mol. The van der Waals surface area contributed by atoms with E-state index in [1.54, 1.807) is 27.6 Å². The molecule has 0 saturated carbocycles. The lowest BCUT2D eigenvalue weighted by Gasteiger charge is -2.09. The van der Waals surface area contributed by atoms with Crippen molar-refractivity contribution in [2.75, 3.05) is 34.5 Å². The fraction of sp³-hybridized carbons (Fsp3) is 0.400. The van der Waals surface area contributed by atoms with Crippen molar-refractivity contribution in [3.05, 3.63) is 30.2 Å². The van der Waals surface area contributed by atoms with E-state index in [0.29, 0.717) is 36.1 Å². The maximum atomic E-state index is 5.55.